The second-order valence-electron chi connectivity index (χ2n) is 0.118. The van der Waals surface area contributed by atoms with E-state index in [4.69, 9.17) is 4.79 Å². The topological polar surface area (TPSA) is 43.1 Å². The minimum Gasteiger partial charge on any atom is -0.543 e. The molecule has 1 amide bonds. The van der Waals surface area contributed by atoms with Crippen molar-refractivity contribution < 1.29 is 37.5 Å². The molecule has 2 nitrogen and oxygen atoms in total. The summed E-state index contributed by atoms with van der Waals surface area (Å²) in [5.41, 5.74) is 4.04. The van der Waals surface area contributed by atoms with Crippen LogP contribution in [-0.4, -0.2) is 6.41 Å². The SMILES string of the molecule is N[C-]=O.[CH3-].[Y]. The Labute approximate surface area is 57.0 Å². The molecule has 0 aliphatic heterocycles. The number of nitrogens with two attached hydrogens (primary N) is 1. The van der Waals surface area contributed by atoms with E-state index in [2.05, 4.69) is 5.73 Å². The van der Waals surface area contributed by atoms with Crippen LogP contribution in [0.4, 0.5) is 0 Å². The van der Waals surface area contributed by atoms with E-state index in [1.54, 1.807) is 0 Å². The zero-order valence-electron chi connectivity index (χ0n) is 3.06. The molecule has 0 atom stereocenters. The Morgan fingerprint density at radius 3 is 1.60 bits per heavy atom. The van der Waals surface area contributed by atoms with Crippen LogP contribution in [0.2, 0.25) is 0 Å². The fraction of sp³-hybridized carbons (Fsp3) is 0. The molecule has 0 aliphatic rings. The molecule has 0 aromatic carbocycles. The van der Waals surface area contributed by atoms with E-state index in [1.165, 1.54) is 0 Å². The number of carbonyl (C=O) groups excluding carboxylic acids is 1. The summed E-state index contributed by atoms with van der Waals surface area (Å²) in [7, 11) is 0. The molecule has 0 bridgehead atoms. The molecule has 3 heteroatoms. The van der Waals surface area contributed by atoms with Crippen LogP contribution < -0.4 is 5.73 Å². The first kappa shape index (κ1) is 17.6. The van der Waals surface area contributed by atoms with Crippen molar-refractivity contribution in [3.8, 4) is 0 Å². The van der Waals surface area contributed by atoms with Crippen molar-refractivity contribution in [2.24, 2.45) is 5.73 Å². The van der Waals surface area contributed by atoms with Crippen molar-refractivity contribution in [2.45, 2.75) is 0 Å². The van der Waals surface area contributed by atoms with Crippen molar-refractivity contribution in [3.05, 3.63) is 7.43 Å². The first-order valence-electron chi connectivity index (χ1n) is 0.493. The first-order chi connectivity index (χ1) is 1.41. The van der Waals surface area contributed by atoms with Gasteiger partial charge in [0.05, 0.1) is 0 Å². The molecule has 0 spiro atoms. The Hall–Kier alpha value is 0.574. The van der Waals surface area contributed by atoms with Gasteiger partial charge in [-0.1, -0.05) is 0 Å². The second-order valence-corrected chi connectivity index (χ2v) is 0.118. The number of hydrogen-bond donors (Lipinski definition) is 1. The molecule has 29 valence electrons. The summed E-state index contributed by atoms with van der Waals surface area (Å²) in [6.45, 7) is 0. The fourth-order valence-corrected chi connectivity index (χ4v) is 0. The van der Waals surface area contributed by atoms with Crippen LogP contribution in [-0.2, 0) is 37.5 Å². The van der Waals surface area contributed by atoms with Crippen LogP contribution in [0.3, 0.4) is 0 Å². The fourth-order valence-electron chi connectivity index (χ4n) is 0. The first-order valence-corrected chi connectivity index (χ1v) is 0.493. The van der Waals surface area contributed by atoms with E-state index in [0.29, 0.717) is 0 Å². The minimum atomic E-state index is 0. The van der Waals surface area contributed by atoms with E-state index in [1.807, 2.05) is 0 Å². The number of rotatable bonds is 0. The maximum atomic E-state index is 8.46. The standard InChI is InChI=1S/CH2NO.CH3.Y/c2-1-3;;/h(H2,2,3);1H3;/q2*-1;. The third-order valence-electron chi connectivity index (χ3n) is 0. The van der Waals surface area contributed by atoms with Gasteiger partial charge in [0.1, 0.15) is 0 Å². The van der Waals surface area contributed by atoms with Crippen LogP contribution in [0.1, 0.15) is 0 Å². The Bertz CT molecular complexity index is 17.1. The largest absolute Gasteiger partial charge is 0.543 e. The van der Waals surface area contributed by atoms with E-state index < -0.39 is 0 Å². The molecule has 0 saturated carbocycles. The van der Waals surface area contributed by atoms with Crippen molar-refractivity contribution in [2.75, 3.05) is 0 Å². The quantitative estimate of drug-likeness (QED) is 0.363. The summed E-state index contributed by atoms with van der Waals surface area (Å²) in [5.74, 6) is 0. The van der Waals surface area contributed by atoms with Crippen LogP contribution in [0, 0.1) is 7.43 Å². The van der Waals surface area contributed by atoms with Crippen LogP contribution >= 0.6 is 0 Å². The Balaban J connectivity index is -0.0000000200. The van der Waals surface area contributed by atoms with Gasteiger partial charge < -0.3 is 18.0 Å². The van der Waals surface area contributed by atoms with Gasteiger partial charge in [0.2, 0.25) is 0 Å². The second kappa shape index (κ2) is 23.6. The van der Waals surface area contributed by atoms with Gasteiger partial charge in [-0.2, -0.15) is 6.41 Å². The summed E-state index contributed by atoms with van der Waals surface area (Å²) in [6.07, 6.45) is 1.00. The van der Waals surface area contributed by atoms with Gasteiger partial charge in [-0.25, -0.2) is 0 Å². The Kier molecular flexibility index (Phi) is 83.0. The summed E-state index contributed by atoms with van der Waals surface area (Å²) in [4.78, 5) is 8.46. The molecule has 2 N–H and O–H groups in total. The van der Waals surface area contributed by atoms with Gasteiger partial charge in [-0.05, 0) is 0 Å². The smallest absolute Gasteiger partial charge is 0 e. The maximum Gasteiger partial charge on any atom is 0 e. The molecule has 0 aliphatic carbocycles. The predicted molar refractivity (Wildman–Crippen MR) is 16.3 cm³/mol. The normalized spacial score (nSPS) is 2.40. The molecule has 0 heterocycles. The third kappa shape index (κ3) is 92.0. The summed E-state index contributed by atoms with van der Waals surface area (Å²) < 4.78 is 0. The minimum absolute atomic E-state index is 0. The van der Waals surface area contributed by atoms with Gasteiger partial charge in [-0.15, -0.1) is 0 Å². The molecule has 1 radical (unpaired) electrons. The zero-order valence-corrected chi connectivity index (χ0v) is 5.90. The summed E-state index contributed by atoms with van der Waals surface area (Å²) >= 11 is 0. The van der Waals surface area contributed by atoms with Gasteiger partial charge in [-0.3, -0.25) is 0 Å². The molecule has 0 saturated heterocycles. The van der Waals surface area contributed by atoms with Crippen LogP contribution in [0.25, 0.3) is 0 Å². The summed E-state index contributed by atoms with van der Waals surface area (Å²) in [5, 5.41) is 0. The van der Waals surface area contributed by atoms with Gasteiger partial charge >= 0.3 is 0 Å². The van der Waals surface area contributed by atoms with E-state index in [-0.39, 0.29) is 40.1 Å². The number of primary amides is 1. The Morgan fingerprint density at radius 2 is 1.60 bits per heavy atom. The molecule has 5 heavy (non-hydrogen) atoms. The van der Waals surface area contributed by atoms with E-state index in [9.17, 15) is 0 Å². The average Bonchev–Trinajstić information content (AvgIpc) is 0.918. The molecule has 0 aromatic heterocycles. The van der Waals surface area contributed by atoms with Crippen molar-refractivity contribution in [3.63, 3.8) is 0 Å². The molecule has 0 rings (SSSR count). The van der Waals surface area contributed by atoms with Crippen molar-refractivity contribution >= 4 is 6.41 Å². The molecule has 0 fully saturated rings. The van der Waals surface area contributed by atoms with Crippen LogP contribution in [0.15, 0.2) is 0 Å². The van der Waals surface area contributed by atoms with Gasteiger partial charge in [0.25, 0.3) is 0 Å². The van der Waals surface area contributed by atoms with Gasteiger partial charge in [0.15, 0.2) is 0 Å². The number of amides is 1. The van der Waals surface area contributed by atoms with E-state index >= 15 is 0 Å². The van der Waals surface area contributed by atoms with Crippen molar-refractivity contribution in [1.29, 1.82) is 0 Å². The zero-order chi connectivity index (χ0) is 2.71. The molecule has 0 unspecified atom stereocenters. The average molecular weight is 148 g/mol. The van der Waals surface area contributed by atoms with Crippen LogP contribution in [0.5, 0.6) is 0 Å². The Morgan fingerprint density at radius 1 is 1.60 bits per heavy atom. The molecular weight excluding hydrogens is 143 g/mol. The summed E-state index contributed by atoms with van der Waals surface area (Å²) in [6, 6.07) is 0. The monoisotopic (exact) mass is 148 g/mol. The third-order valence-corrected chi connectivity index (χ3v) is 0. The van der Waals surface area contributed by atoms with Crippen molar-refractivity contribution in [1.82, 2.24) is 0 Å². The predicted octanol–water partition coefficient (Wildman–Crippen LogP) is -0.540. The van der Waals surface area contributed by atoms with E-state index in [0.717, 1.165) is 6.41 Å². The van der Waals surface area contributed by atoms with Gasteiger partial charge in [0, 0.05) is 32.7 Å². The molecular formula is C2H5NOY-2. The maximum absolute atomic E-state index is 8.46. The molecule has 0 aromatic rings. The number of hydrogen-bond acceptors (Lipinski definition) is 1.